The van der Waals surface area contributed by atoms with Gasteiger partial charge >= 0.3 is 0 Å². The topological polar surface area (TPSA) is 50.7 Å². The van der Waals surface area contributed by atoms with Gasteiger partial charge in [-0.15, -0.1) is 0 Å². The molecule has 136 valence electrons. The fourth-order valence-electron chi connectivity index (χ4n) is 2.57. The minimum absolute atomic E-state index is 0.0691. The Morgan fingerprint density at radius 1 is 1.08 bits per heavy atom. The molecule has 2 aromatic rings. The summed E-state index contributed by atoms with van der Waals surface area (Å²) in [6, 6.07) is 15.9. The van der Waals surface area contributed by atoms with Crippen molar-refractivity contribution in [2.45, 2.75) is 38.8 Å². The zero-order valence-electron chi connectivity index (χ0n) is 15.6. The van der Waals surface area contributed by atoms with Crippen molar-refractivity contribution in [2.75, 3.05) is 20.3 Å². The molecule has 0 bridgehead atoms. The fourth-order valence-corrected chi connectivity index (χ4v) is 2.57. The Kier molecular flexibility index (Phi) is 6.85. The maximum Gasteiger partial charge on any atom is 0.123 e. The Morgan fingerprint density at radius 3 is 2.44 bits per heavy atom. The molecule has 1 unspecified atom stereocenters. The van der Waals surface area contributed by atoms with E-state index in [0.29, 0.717) is 6.54 Å². The molecule has 0 spiro atoms. The van der Waals surface area contributed by atoms with E-state index in [4.69, 9.17) is 9.47 Å². The lowest BCUT2D eigenvalue weighted by Crippen LogP contribution is -2.31. The molecule has 0 aliphatic heterocycles. The summed E-state index contributed by atoms with van der Waals surface area (Å²) in [7, 11) is 1.66. The summed E-state index contributed by atoms with van der Waals surface area (Å²) >= 11 is 0. The van der Waals surface area contributed by atoms with Gasteiger partial charge in [0.1, 0.15) is 24.2 Å². The van der Waals surface area contributed by atoms with E-state index < -0.39 is 6.10 Å². The maximum atomic E-state index is 10.2. The van der Waals surface area contributed by atoms with E-state index in [9.17, 15) is 5.11 Å². The molecular formula is C21H29NO3. The third kappa shape index (κ3) is 6.07. The van der Waals surface area contributed by atoms with Crippen LogP contribution in [0, 0.1) is 0 Å². The standard InChI is InChI=1S/C21H29NO3/c1-21(2,3)19-12-18(24-4)10-11-20(19)25-15-17(23)14-22-13-16-8-6-5-7-9-16/h5-12,17,22-23H,13-15H2,1-4H3. The van der Waals surface area contributed by atoms with Gasteiger partial charge in [-0.25, -0.2) is 0 Å². The maximum absolute atomic E-state index is 10.2. The second-order valence-electron chi connectivity index (χ2n) is 7.19. The van der Waals surface area contributed by atoms with Crippen molar-refractivity contribution in [3.63, 3.8) is 0 Å². The molecule has 0 fully saturated rings. The van der Waals surface area contributed by atoms with Crippen LogP contribution in [0.25, 0.3) is 0 Å². The van der Waals surface area contributed by atoms with Crippen LogP contribution in [0.5, 0.6) is 11.5 Å². The van der Waals surface area contributed by atoms with E-state index in [-0.39, 0.29) is 12.0 Å². The van der Waals surface area contributed by atoms with Crippen LogP contribution in [0.15, 0.2) is 48.5 Å². The van der Waals surface area contributed by atoms with Gasteiger partial charge in [0, 0.05) is 18.7 Å². The monoisotopic (exact) mass is 343 g/mol. The summed E-state index contributed by atoms with van der Waals surface area (Å²) in [4.78, 5) is 0. The highest BCUT2D eigenvalue weighted by Gasteiger charge is 2.20. The van der Waals surface area contributed by atoms with Crippen LogP contribution in [0.2, 0.25) is 0 Å². The van der Waals surface area contributed by atoms with Crippen LogP contribution in [-0.4, -0.2) is 31.5 Å². The molecule has 0 heterocycles. The lowest BCUT2D eigenvalue weighted by Gasteiger charge is -2.24. The average Bonchev–Trinajstić information content (AvgIpc) is 2.60. The Balaban J connectivity index is 1.87. The number of aliphatic hydroxyl groups is 1. The van der Waals surface area contributed by atoms with E-state index >= 15 is 0 Å². The quantitative estimate of drug-likeness (QED) is 0.770. The second kappa shape index (κ2) is 8.88. The lowest BCUT2D eigenvalue weighted by atomic mass is 9.86. The number of rotatable bonds is 8. The van der Waals surface area contributed by atoms with Crippen molar-refractivity contribution in [2.24, 2.45) is 0 Å². The van der Waals surface area contributed by atoms with Gasteiger partial charge in [0.2, 0.25) is 0 Å². The smallest absolute Gasteiger partial charge is 0.123 e. The fraction of sp³-hybridized carbons (Fsp3) is 0.429. The van der Waals surface area contributed by atoms with Gasteiger partial charge in [-0.05, 0) is 29.2 Å². The molecule has 0 radical (unpaired) electrons. The van der Waals surface area contributed by atoms with Crippen molar-refractivity contribution in [3.8, 4) is 11.5 Å². The zero-order chi connectivity index (χ0) is 18.3. The third-order valence-corrected chi connectivity index (χ3v) is 3.98. The number of methoxy groups -OCH3 is 1. The zero-order valence-corrected chi connectivity index (χ0v) is 15.6. The summed E-state index contributed by atoms with van der Waals surface area (Å²) < 4.78 is 11.2. The highest BCUT2D eigenvalue weighted by molar-refractivity contribution is 5.44. The first-order valence-electron chi connectivity index (χ1n) is 8.64. The molecular weight excluding hydrogens is 314 g/mol. The van der Waals surface area contributed by atoms with Crippen LogP contribution >= 0.6 is 0 Å². The van der Waals surface area contributed by atoms with Crippen molar-refractivity contribution in [3.05, 3.63) is 59.7 Å². The average molecular weight is 343 g/mol. The summed E-state index contributed by atoms with van der Waals surface area (Å²) in [5.74, 6) is 1.60. The molecule has 2 aromatic carbocycles. The number of ether oxygens (including phenoxy) is 2. The molecule has 2 rings (SSSR count). The SMILES string of the molecule is COc1ccc(OCC(O)CNCc2ccccc2)c(C(C)(C)C)c1. The van der Waals surface area contributed by atoms with Gasteiger partial charge in [0.25, 0.3) is 0 Å². The van der Waals surface area contributed by atoms with Crippen molar-refractivity contribution in [1.82, 2.24) is 5.32 Å². The number of hydrogen-bond acceptors (Lipinski definition) is 4. The summed E-state index contributed by atoms with van der Waals surface area (Å²) in [6.07, 6.45) is -0.571. The number of hydrogen-bond donors (Lipinski definition) is 2. The third-order valence-electron chi connectivity index (χ3n) is 3.98. The number of aliphatic hydroxyl groups excluding tert-OH is 1. The van der Waals surface area contributed by atoms with Gasteiger partial charge < -0.3 is 19.9 Å². The Morgan fingerprint density at radius 2 is 1.80 bits per heavy atom. The van der Waals surface area contributed by atoms with Crippen molar-refractivity contribution >= 4 is 0 Å². The van der Waals surface area contributed by atoms with E-state index in [1.165, 1.54) is 5.56 Å². The first-order valence-corrected chi connectivity index (χ1v) is 8.64. The molecule has 0 amide bonds. The first kappa shape index (κ1) is 19.3. The summed E-state index contributed by atoms with van der Waals surface area (Å²) in [5.41, 5.74) is 2.19. The summed E-state index contributed by atoms with van der Waals surface area (Å²) in [6.45, 7) is 7.85. The van der Waals surface area contributed by atoms with E-state index in [1.54, 1.807) is 7.11 Å². The molecule has 0 aliphatic rings. The molecule has 4 nitrogen and oxygen atoms in total. The first-order chi connectivity index (χ1) is 11.9. The number of nitrogens with one attached hydrogen (secondary N) is 1. The van der Waals surface area contributed by atoms with Crippen LogP contribution in [0.4, 0.5) is 0 Å². The van der Waals surface area contributed by atoms with Crippen molar-refractivity contribution < 1.29 is 14.6 Å². The van der Waals surface area contributed by atoms with Gasteiger partial charge in [0.15, 0.2) is 0 Å². The minimum Gasteiger partial charge on any atom is -0.497 e. The van der Waals surface area contributed by atoms with E-state index in [0.717, 1.165) is 23.6 Å². The summed E-state index contributed by atoms with van der Waals surface area (Å²) in [5, 5.41) is 13.4. The molecule has 0 saturated heterocycles. The van der Waals surface area contributed by atoms with E-state index in [2.05, 4.69) is 38.2 Å². The minimum atomic E-state index is -0.571. The largest absolute Gasteiger partial charge is 0.497 e. The van der Waals surface area contributed by atoms with Crippen LogP contribution in [0.1, 0.15) is 31.9 Å². The second-order valence-corrected chi connectivity index (χ2v) is 7.19. The van der Waals surface area contributed by atoms with E-state index in [1.807, 2.05) is 36.4 Å². The molecule has 1 atom stereocenters. The van der Waals surface area contributed by atoms with Gasteiger partial charge in [-0.1, -0.05) is 51.1 Å². The van der Waals surface area contributed by atoms with Gasteiger partial charge in [-0.2, -0.15) is 0 Å². The number of benzene rings is 2. The molecule has 25 heavy (non-hydrogen) atoms. The molecule has 4 heteroatoms. The Labute approximate surface area is 150 Å². The highest BCUT2D eigenvalue weighted by Crippen LogP contribution is 2.34. The normalized spacial score (nSPS) is 12.7. The lowest BCUT2D eigenvalue weighted by molar-refractivity contribution is 0.105. The van der Waals surface area contributed by atoms with Gasteiger partial charge in [-0.3, -0.25) is 0 Å². The van der Waals surface area contributed by atoms with Crippen LogP contribution in [0.3, 0.4) is 0 Å². The molecule has 0 aliphatic carbocycles. The predicted molar refractivity (Wildman–Crippen MR) is 101 cm³/mol. The van der Waals surface area contributed by atoms with Crippen LogP contribution < -0.4 is 14.8 Å². The Hall–Kier alpha value is -2.04. The predicted octanol–water partition coefficient (Wildman–Crippen LogP) is 3.52. The van der Waals surface area contributed by atoms with Crippen LogP contribution in [-0.2, 0) is 12.0 Å². The molecule has 2 N–H and O–H groups in total. The van der Waals surface area contributed by atoms with Crippen molar-refractivity contribution in [1.29, 1.82) is 0 Å². The Bertz CT molecular complexity index is 650. The molecule has 0 aromatic heterocycles. The highest BCUT2D eigenvalue weighted by atomic mass is 16.5. The van der Waals surface area contributed by atoms with Gasteiger partial charge in [0.05, 0.1) is 7.11 Å². The molecule has 0 saturated carbocycles.